The van der Waals surface area contributed by atoms with E-state index in [1.807, 2.05) is 43.3 Å². The molecule has 2 saturated heterocycles. The largest absolute Gasteiger partial charge is 0.481 e. The van der Waals surface area contributed by atoms with Gasteiger partial charge >= 0.3 is 19.2 Å². The summed E-state index contributed by atoms with van der Waals surface area (Å²) in [7, 11) is -0.635. The van der Waals surface area contributed by atoms with Gasteiger partial charge in [0.15, 0.2) is 0 Å². The van der Waals surface area contributed by atoms with Gasteiger partial charge in [0.2, 0.25) is 5.91 Å². The summed E-state index contributed by atoms with van der Waals surface area (Å²) in [6, 6.07) is 15.6. The molecule has 3 N–H and O–H groups in total. The van der Waals surface area contributed by atoms with Crippen LogP contribution in [-0.4, -0.2) is 83.6 Å². The second-order valence-corrected chi connectivity index (χ2v) is 15.6. The molecule has 2 aromatic rings. The number of anilines is 1. The van der Waals surface area contributed by atoms with Crippen LogP contribution in [0.4, 0.5) is 15.3 Å². The van der Waals surface area contributed by atoms with Crippen LogP contribution in [0, 0.1) is 23.2 Å². The Balaban J connectivity index is 1.18. The zero-order valence-corrected chi connectivity index (χ0v) is 30.2. The number of nitrogens with zero attached hydrogens (tertiary/aromatic N) is 2. The van der Waals surface area contributed by atoms with Gasteiger partial charge in [0.05, 0.1) is 24.2 Å². The summed E-state index contributed by atoms with van der Waals surface area (Å²) in [6.45, 7) is 12.7. The Morgan fingerprint density at radius 1 is 0.980 bits per heavy atom. The Hall–Kier alpha value is -3.90. The molecule has 3 saturated carbocycles. The lowest BCUT2D eigenvalue weighted by atomic mass is 9.43. The minimum atomic E-state index is -1.09. The molecule has 7 rings (SSSR count). The fraction of sp³-hybridized carbons (Fsp3) is 0.579. The first kappa shape index (κ1) is 35.9. The summed E-state index contributed by atoms with van der Waals surface area (Å²) in [5.74, 6) is -0.938. The van der Waals surface area contributed by atoms with Gasteiger partial charge in [0.1, 0.15) is 12.1 Å². The molecule has 3 aliphatic carbocycles. The van der Waals surface area contributed by atoms with Crippen molar-refractivity contribution in [3.8, 4) is 0 Å². The SMILES string of the molecule is CC[C@H](NC(=O)[C@@H]1CN(CCCc2ccccc2)C(=O)N1C(=O)[C@@H](NC(=O)Nc1ccccc1)C(C)C)B1O[C@@H]2CC3CC(C3(C)C)[C@]2(C)O1. The minimum absolute atomic E-state index is 0.0404. The Labute approximate surface area is 296 Å². The van der Waals surface area contributed by atoms with Crippen LogP contribution < -0.4 is 16.0 Å². The molecule has 2 bridgehead atoms. The van der Waals surface area contributed by atoms with Crippen molar-refractivity contribution in [2.75, 3.05) is 18.4 Å². The second kappa shape index (κ2) is 14.4. The van der Waals surface area contributed by atoms with Crippen molar-refractivity contribution >= 4 is 36.7 Å². The number of imide groups is 1. The van der Waals surface area contributed by atoms with Gasteiger partial charge in [0.25, 0.3) is 5.91 Å². The van der Waals surface area contributed by atoms with Crippen LogP contribution in [-0.2, 0) is 25.3 Å². The lowest BCUT2D eigenvalue weighted by molar-refractivity contribution is -0.199. The molecule has 6 amide bonds. The van der Waals surface area contributed by atoms with Crippen molar-refractivity contribution in [2.24, 2.45) is 23.2 Å². The van der Waals surface area contributed by atoms with E-state index < -0.39 is 54.6 Å². The van der Waals surface area contributed by atoms with Crippen LogP contribution in [0.3, 0.4) is 0 Å². The smallest absolute Gasteiger partial charge is 0.404 e. The predicted molar refractivity (Wildman–Crippen MR) is 192 cm³/mol. The summed E-state index contributed by atoms with van der Waals surface area (Å²) in [4.78, 5) is 58.1. The monoisotopic (exact) mass is 685 g/mol. The van der Waals surface area contributed by atoms with E-state index in [1.54, 1.807) is 43.0 Å². The van der Waals surface area contributed by atoms with E-state index in [9.17, 15) is 19.2 Å². The molecule has 50 heavy (non-hydrogen) atoms. The highest BCUT2D eigenvalue weighted by atomic mass is 16.7. The quantitative estimate of drug-likeness (QED) is 0.262. The molecule has 11 nitrogen and oxygen atoms in total. The average molecular weight is 686 g/mol. The van der Waals surface area contributed by atoms with Crippen molar-refractivity contribution in [2.45, 2.75) is 103 Å². The number of aryl methyl sites for hydroxylation is 1. The van der Waals surface area contributed by atoms with Crippen LogP contribution in [0.1, 0.15) is 72.8 Å². The van der Waals surface area contributed by atoms with E-state index >= 15 is 0 Å². The predicted octanol–water partition coefficient (Wildman–Crippen LogP) is 5.26. The van der Waals surface area contributed by atoms with Gasteiger partial charge in [-0.05, 0) is 79.9 Å². The lowest BCUT2D eigenvalue weighted by Gasteiger charge is -2.64. The van der Waals surface area contributed by atoms with E-state index in [1.165, 1.54) is 0 Å². The fourth-order valence-electron chi connectivity index (χ4n) is 8.61. The van der Waals surface area contributed by atoms with Crippen LogP contribution in [0.5, 0.6) is 0 Å². The van der Waals surface area contributed by atoms with E-state index in [0.717, 1.165) is 29.7 Å². The number of nitrogens with one attached hydrogen (secondary N) is 3. The minimum Gasteiger partial charge on any atom is -0.404 e. The highest BCUT2D eigenvalue weighted by molar-refractivity contribution is 6.48. The van der Waals surface area contributed by atoms with Crippen LogP contribution >= 0.6 is 0 Å². The van der Waals surface area contributed by atoms with Crippen LogP contribution in [0.25, 0.3) is 0 Å². The summed E-state index contributed by atoms with van der Waals surface area (Å²) >= 11 is 0. The first-order valence-corrected chi connectivity index (χ1v) is 18.3. The number of para-hydroxylation sites is 1. The Morgan fingerprint density at radius 3 is 2.30 bits per heavy atom. The molecular weight excluding hydrogens is 633 g/mol. The standard InChI is InChI=1S/C38H52BN5O6/c1-7-31(39-49-30-22-26-21-29(37(26,4)5)38(30,6)50-39)41-33(45)28-23-43(20-14-17-25-15-10-8-11-16-25)36(48)44(28)34(46)32(24(2)3)42-35(47)40-27-18-12-9-13-19-27/h8-13,15-16,18-19,24,26,28-32H,7,14,17,20-23H2,1-6H3,(H,41,45)(H2,40,42,47)/t26?,28-,29?,30+,31-,32-,38-/m0/s1. The van der Waals surface area contributed by atoms with Gasteiger partial charge in [-0.3, -0.25) is 9.59 Å². The Kier molecular flexibility index (Phi) is 10.3. The summed E-state index contributed by atoms with van der Waals surface area (Å²) in [5.41, 5.74) is 1.46. The third-order valence-electron chi connectivity index (χ3n) is 11.8. The normalized spacial score (nSPS) is 27.7. The number of benzene rings is 2. The number of carbonyl (C=O) groups excluding carboxylic acids is 4. The van der Waals surface area contributed by atoms with E-state index in [-0.39, 0.29) is 24.0 Å². The lowest BCUT2D eigenvalue weighted by Crippen LogP contribution is -2.65. The first-order chi connectivity index (χ1) is 23.8. The van der Waals surface area contributed by atoms with E-state index in [4.69, 9.17) is 9.31 Å². The Morgan fingerprint density at radius 2 is 1.66 bits per heavy atom. The number of carbonyl (C=O) groups is 4. The molecule has 5 aliphatic rings. The highest BCUT2D eigenvalue weighted by Gasteiger charge is 2.68. The zero-order valence-electron chi connectivity index (χ0n) is 30.2. The molecule has 12 heteroatoms. The molecule has 2 aliphatic heterocycles. The van der Waals surface area contributed by atoms with Crippen molar-refractivity contribution in [1.82, 2.24) is 20.4 Å². The molecule has 0 spiro atoms. The fourth-order valence-corrected chi connectivity index (χ4v) is 8.61. The van der Waals surface area contributed by atoms with Gasteiger partial charge in [-0.15, -0.1) is 0 Å². The maximum Gasteiger partial charge on any atom is 0.481 e. The first-order valence-electron chi connectivity index (χ1n) is 18.3. The molecule has 7 atom stereocenters. The molecule has 2 heterocycles. The molecule has 268 valence electrons. The van der Waals surface area contributed by atoms with Crippen molar-refractivity contribution in [3.63, 3.8) is 0 Å². The maximum atomic E-state index is 14.3. The molecule has 5 fully saturated rings. The number of rotatable bonds is 12. The van der Waals surface area contributed by atoms with E-state index in [2.05, 4.69) is 36.7 Å². The number of hydrogen-bond donors (Lipinski definition) is 3. The number of amides is 6. The molecular formula is C38H52BN5O6. The van der Waals surface area contributed by atoms with Crippen molar-refractivity contribution in [3.05, 3.63) is 66.2 Å². The summed E-state index contributed by atoms with van der Waals surface area (Å²) < 4.78 is 13.2. The second-order valence-electron chi connectivity index (χ2n) is 15.6. The number of urea groups is 2. The Bertz CT molecular complexity index is 1560. The van der Waals surface area contributed by atoms with Crippen molar-refractivity contribution < 1.29 is 28.5 Å². The number of hydrogen-bond acceptors (Lipinski definition) is 6. The van der Waals surface area contributed by atoms with E-state index in [0.29, 0.717) is 36.9 Å². The third-order valence-corrected chi connectivity index (χ3v) is 11.8. The molecule has 0 aromatic heterocycles. The molecule has 0 radical (unpaired) electrons. The van der Waals surface area contributed by atoms with Gasteiger partial charge < -0.3 is 30.2 Å². The summed E-state index contributed by atoms with van der Waals surface area (Å²) in [5, 5.41) is 8.62. The highest BCUT2D eigenvalue weighted by Crippen LogP contribution is 2.65. The van der Waals surface area contributed by atoms with Crippen molar-refractivity contribution in [1.29, 1.82) is 0 Å². The third kappa shape index (κ3) is 6.88. The van der Waals surface area contributed by atoms with Crippen LogP contribution in [0.15, 0.2) is 60.7 Å². The summed E-state index contributed by atoms with van der Waals surface area (Å²) in [6.07, 6.45) is 3.97. The molecule has 2 unspecified atom stereocenters. The topological polar surface area (TPSA) is 129 Å². The van der Waals surface area contributed by atoms with Crippen LogP contribution in [0.2, 0.25) is 0 Å². The zero-order chi connectivity index (χ0) is 35.8. The van der Waals surface area contributed by atoms with Gasteiger partial charge in [-0.25, -0.2) is 14.5 Å². The molecule has 2 aromatic carbocycles. The van der Waals surface area contributed by atoms with Gasteiger partial charge in [0, 0.05) is 12.2 Å². The maximum absolute atomic E-state index is 14.3. The average Bonchev–Trinajstić information content (AvgIpc) is 3.62. The van der Waals surface area contributed by atoms with Gasteiger partial charge in [-0.2, -0.15) is 0 Å². The van der Waals surface area contributed by atoms with Gasteiger partial charge in [-0.1, -0.05) is 83.1 Å².